The lowest BCUT2D eigenvalue weighted by atomic mass is 9.97. The van der Waals surface area contributed by atoms with E-state index in [1.165, 1.54) is 0 Å². The molecule has 1 aliphatic heterocycles. The fourth-order valence-corrected chi connectivity index (χ4v) is 2.07. The van der Waals surface area contributed by atoms with Crippen molar-refractivity contribution < 1.29 is 4.79 Å². The minimum Gasteiger partial charge on any atom is -0.384 e. The van der Waals surface area contributed by atoms with Crippen molar-refractivity contribution >= 4 is 17.3 Å². The average Bonchev–Trinajstić information content (AvgIpc) is 2.72. The SMILES string of the molecule is CC(C)(C)CNc1cccc(N2CCCC2=O)c1. The van der Waals surface area contributed by atoms with E-state index in [9.17, 15) is 4.79 Å². The van der Waals surface area contributed by atoms with Gasteiger partial charge in [-0.3, -0.25) is 4.79 Å². The Labute approximate surface area is 109 Å². The summed E-state index contributed by atoms with van der Waals surface area (Å²) >= 11 is 0. The van der Waals surface area contributed by atoms with Crippen LogP contribution in [-0.4, -0.2) is 19.0 Å². The largest absolute Gasteiger partial charge is 0.384 e. The second-order valence-electron chi connectivity index (χ2n) is 6.11. The van der Waals surface area contributed by atoms with E-state index < -0.39 is 0 Å². The maximum absolute atomic E-state index is 11.7. The minimum absolute atomic E-state index is 0.239. The van der Waals surface area contributed by atoms with E-state index in [4.69, 9.17) is 0 Å². The fourth-order valence-electron chi connectivity index (χ4n) is 2.07. The number of benzene rings is 1. The van der Waals surface area contributed by atoms with Crippen molar-refractivity contribution in [3.05, 3.63) is 24.3 Å². The Kier molecular flexibility index (Phi) is 3.60. The first-order valence-electron chi connectivity index (χ1n) is 6.60. The summed E-state index contributed by atoms with van der Waals surface area (Å²) in [6.07, 6.45) is 1.65. The van der Waals surface area contributed by atoms with Crippen LogP contribution < -0.4 is 10.2 Å². The van der Waals surface area contributed by atoms with Gasteiger partial charge in [-0.15, -0.1) is 0 Å². The van der Waals surface area contributed by atoms with Crippen molar-refractivity contribution in [3.63, 3.8) is 0 Å². The number of rotatable bonds is 3. The molecule has 3 heteroatoms. The van der Waals surface area contributed by atoms with Gasteiger partial charge < -0.3 is 10.2 Å². The zero-order valence-electron chi connectivity index (χ0n) is 11.5. The number of amides is 1. The van der Waals surface area contributed by atoms with Gasteiger partial charge in [-0.25, -0.2) is 0 Å². The first kappa shape index (κ1) is 12.9. The first-order valence-corrected chi connectivity index (χ1v) is 6.60. The van der Waals surface area contributed by atoms with E-state index in [1.54, 1.807) is 0 Å². The van der Waals surface area contributed by atoms with Gasteiger partial charge in [-0.2, -0.15) is 0 Å². The van der Waals surface area contributed by atoms with Gasteiger partial charge >= 0.3 is 0 Å². The molecule has 1 heterocycles. The summed E-state index contributed by atoms with van der Waals surface area (Å²) in [6, 6.07) is 8.13. The minimum atomic E-state index is 0.239. The molecule has 0 spiro atoms. The molecule has 1 aliphatic rings. The van der Waals surface area contributed by atoms with Crippen molar-refractivity contribution in [2.75, 3.05) is 23.3 Å². The van der Waals surface area contributed by atoms with Gasteiger partial charge in [-0.1, -0.05) is 26.8 Å². The number of hydrogen-bond acceptors (Lipinski definition) is 2. The number of nitrogens with one attached hydrogen (secondary N) is 1. The predicted octanol–water partition coefficient (Wildman–Crippen LogP) is 3.27. The Morgan fingerprint density at radius 2 is 2.11 bits per heavy atom. The molecule has 98 valence electrons. The molecule has 1 aromatic rings. The monoisotopic (exact) mass is 246 g/mol. The maximum atomic E-state index is 11.7. The molecule has 0 saturated carbocycles. The highest BCUT2D eigenvalue weighted by Crippen LogP contribution is 2.25. The number of carbonyl (C=O) groups excluding carboxylic acids is 1. The molecule has 0 atom stereocenters. The van der Waals surface area contributed by atoms with E-state index in [0.717, 1.165) is 30.9 Å². The van der Waals surface area contributed by atoms with Gasteiger partial charge in [0.05, 0.1) is 0 Å². The van der Waals surface area contributed by atoms with Gasteiger partial charge in [0.1, 0.15) is 0 Å². The fraction of sp³-hybridized carbons (Fsp3) is 0.533. The molecule has 2 rings (SSSR count). The summed E-state index contributed by atoms with van der Waals surface area (Å²) in [6.45, 7) is 8.38. The van der Waals surface area contributed by atoms with E-state index in [-0.39, 0.29) is 11.3 Å². The van der Waals surface area contributed by atoms with E-state index in [0.29, 0.717) is 6.42 Å². The highest BCUT2D eigenvalue weighted by atomic mass is 16.2. The van der Waals surface area contributed by atoms with E-state index in [2.05, 4.69) is 38.2 Å². The van der Waals surface area contributed by atoms with Gasteiger partial charge in [0.15, 0.2) is 0 Å². The molecular formula is C15H22N2O. The third kappa shape index (κ3) is 3.25. The van der Waals surface area contributed by atoms with Crippen LogP contribution in [0.1, 0.15) is 33.6 Å². The quantitative estimate of drug-likeness (QED) is 0.887. The van der Waals surface area contributed by atoms with Gasteiger partial charge in [0.25, 0.3) is 0 Å². The Morgan fingerprint density at radius 1 is 1.33 bits per heavy atom. The summed E-state index contributed by atoms with van der Waals surface area (Å²) in [4.78, 5) is 13.6. The molecule has 1 amide bonds. The lowest BCUT2D eigenvalue weighted by molar-refractivity contribution is -0.117. The van der Waals surface area contributed by atoms with Gasteiger partial charge in [0, 0.05) is 30.9 Å². The molecule has 0 bridgehead atoms. The van der Waals surface area contributed by atoms with Crippen LogP contribution >= 0.6 is 0 Å². The second-order valence-corrected chi connectivity index (χ2v) is 6.11. The third-order valence-electron chi connectivity index (χ3n) is 3.05. The highest BCUT2D eigenvalue weighted by molar-refractivity contribution is 5.95. The normalized spacial score (nSPS) is 16.2. The predicted molar refractivity (Wildman–Crippen MR) is 76.0 cm³/mol. The van der Waals surface area contributed by atoms with Crippen molar-refractivity contribution in [1.29, 1.82) is 0 Å². The molecule has 1 aromatic carbocycles. The molecule has 3 nitrogen and oxygen atoms in total. The first-order chi connectivity index (χ1) is 8.46. The summed E-state index contributed by atoms with van der Waals surface area (Å²) in [5.41, 5.74) is 2.35. The van der Waals surface area contributed by atoms with Crippen molar-refractivity contribution in [2.24, 2.45) is 5.41 Å². The second kappa shape index (κ2) is 5.01. The van der Waals surface area contributed by atoms with Crippen molar-refractivity contribution in [2.45, 2.75) is 33.6 Å². The lowest BCUT2D eigenvalue weighted by Gasteiger charge is -2.21. The Morgan fingerprint density at radius 3 is 2.72 bits per heavy atom. The number of hydrogen-bond donors (Lipinski definition) is 1. The van der Waals surface area contributed by atoms with Crippen LogP contribution in [0.3, 0.4) is 0 Å². The smallest absolute Gasteiger partial charge is 0.227 e. The maximum Gasteiger partial charge on any atom is 0.227 e. The zero-order chi connectivity index (χ0) is 13.2. The summed E-state index contributed by atoms with van der Waals surface area (Å²) in [5.74, 6) is 0.239. The standard InChI is InChI=1S/C15H22N2O/c1-15(2,3)11-16-12-6-4-7-13(10-12)17-9-5-8-14(17)18/h4,6-7,10,16H,5,8-9,11H2,1-3H3. The third-order valence-corrected chi connectivity index (χ3v) is 3.05. The molecule has 0 unspecified atom stereocenters. The number of carbonyl (C=O) groups is 1. The van der Waals surface area contributed by atoms with Gasteiger partial charge in [0.2, 0.25) is 5.91 Å². The van der Waals surface area contributed by atoms with E-state index >= 15 is 0 Å². The van der Waals surface area contributed by atoms with Crippen LogP contribution in [0.25, 0.3) is 0 Å². The number of nitrogens with zero attached hydrogens (tertiary/aromatic N) is 1. The number of anilines is 2. The Balaban J connectivity index is 2.08. The molecule has 1 saturated heterocycles. The average molecular weight is 246 g/mol. The van der Waals surface area contributed by atoms with Crippen LogP contribution in [0.2, 0.25) is 0 Å². The Bertz CT molecular complexity index is 434. The molecule has 0 aromatic heterocycles. The van der Waals surface area contributed by atoms with Crippen LogP contribution in [0.5, 0.6) is 0 Å². The van der Waals surface area contributed by atoms with Crippen LogP contribution in [0.4, 0.5) is 11.4 Å². The van der Waals surface area contributed by atoms with Crippen molar-refractivity contribution in [1.82, 2.24) is 0 Å². The molecule has 1 N–H and O–H groups in total. The molecule has 18 heavy (non-hydrogen) atoms. The molecule has 0 aliphatic carbocycles. The van der Waals surface area contributed by atoms with E-state index in [1.807, 2.05) is 17.0 Å². The highest BCUT2D eigenvalue weighted by Gasteiger charge is 2.21. The Hall–Kier alpha value is -1.51. The molecular weight excluding hydrogens is 224 g/mol. The zero-order valence-corrected chi connectivity index (χ0v) is 11.5. The summed E-state index contributed by atoms with van der Waals surface area (Å²) < 4.78 is 0. The summed E-state index contributed by atoms with van der Waals surface area (Å²) in [7, 11) is 0. The van der Waals surface area contributed by atoms with Gasteiger partial charge in [-0.05, 0) is 30.0 Å². The molecule has 0 radical (unpaired) electrons. The topological polar surface area (TPSA) is 32.3 Å². The lowest BCUT2D eigenvalue weighted by Crippen LogP contribution is -2.24. The van der Waals surface area contributed by atoms with Crippen LogP contribution in [0, 0.1) is 5.41 Å². The van der Waals surface area contributed by atoms with Crippen molar-refractivity contribution in [3.8, 4) is 0 Å². The van der Waals surface area contributed by atoms with Crippen LogP contribution in [-0.2, 0) is 4.79 Å². The summed E-state index contributed by atoms with van der Waals surface area (Å²) in [5, 5.41) is 3.43. The van der Waals surface area contributed by atoms with Crippen LogP contribution in [0.15, 0.2) is 24.3 Å². The molecule has 1 fully saturated rings.